The largest absolute Gasteiger partial charge is 0.363 e. The van der Waals surface area contributed by atoms with Gasteiger partial charge in [-0.05, 0) is 25.9 Å². The summed E-state index contributed by atoms with van der Waals surface area (Å²) in [5, 5.41) is 1.14. The van der Waals surface area contributed by atoms with E-state index in [9.17, 15) is 0 Å². The molecule has 1 nitrogen and oxygen atoms in total. The monoisotopic (exact) mass is 226 g/mol. The van der Waals surface area contributed by atoms with E-state index in [1.165, 1.54) is 25.4 Å². The average Bonchev–Trinajstić information content (AvgIpc) is 1.97. The lowest BCUT2D eigenvalue weighted by Crippen LogP contribution is -1.82. The third-order valence-electron chi connectivity index (χ3n) is 1.16. The lowest BCUT2D eigenvalue weighted by Gasteiger charge is -1.99. The van der Waals surface area contributed by atoms with Gasteiger partial charge >= 0.3 is 0 Å². The smallest absolute Gasteiger partial charge is 0.0477 e. The fraction of sp³-hybridized carbons (Fsp3) is 1.00. The maximum atomic E-state index is 5.23. The summed E-state index contributed by atoms with van der Waals surface area (Å²) in [4.78, 5) is 0. The maximum Gasteiger partial charge on any atom is 0.0477 e. The fourth-order valence-corrected chi connectivity index (χ4v) is 1.78. The molecule has 0 radical (unpaired) electrons. The fourth-order valence-electron chi connectivity index (χ4n) is 0.643. The van der Waals surface area contributed by atoms with E-state index in [2.05, 4.69) is 15.9 Å². The summed E-state index contributed by atoms with van der Waals surface area (Å²) in [6, 6.07) is 0. The van der Waals surface area contributed by atoms with Gasteiger partial charge in [-0.15, -0.1) is 0 Å². The third kappa shape index (κ3) is 8.87. The Balaban J connectivity index is 2.65. The number of alkyl halides is 1. The number of hydrogen-bond acceptors (Lipinski definition) is 1. The summed E-state index contributed by atoms with van der Waals surface area (Å²) in [5.74, 6) is 0. The Morgan fingerprint density at radius 2 is 2.10 bits per heavy atom. The zero-order valence-corrected chi connectivity index (χ0v) is 9.11. The molecule has 0 aromatic heterocycles. The number of unbranched alkanes of at least 4 members (excludes halogenated alkanes) is 2. The van der Waals surface area contributed by atoms with Crippen LogP contribution in [-0.2, 0) is 4.52 Å². The first-order chi connectivity index (χ1) is 4.91. The molecule has 0 amide bonds. The van der Waals surface area contributed by atoms with Crippen molar-refractivity contribution in [2.45, 2.75) is 26.2 Å². The van der Waals surface area contributed by atoms with Crippen molar-refractivity contribution >= 4 is 24.7 Å². The second-order valence-electron chi connectivity index (χ2n) is 2.08. The number of hydrogen-bond donors (Lipinski definition) is 0. The first-order valence-electron chi connectivity index (χ1n) is 3.82. The quantitative estimate of drug-likeness (QED) is 0.368. The van der Waals surface area contributed by atoms with Crippen LogP contribution in [0.1, 0.15) is 26.2 Å². The van der Waals surface area contributed by atoms with Crippen LogP contribution in [0.2, 0.25) is 0 Å². The van der Waals surface area contributed by atoms with Gasteiger partial charge in [0, 0.05) is 20.7 Å². The van der Waals surface area contributed by atoms with Crippen molar-refractivity contribution in [2.24, 2.45) is 0 Å². The van der Waals surface area contributed by atoms with Crippen molar-refractivity contribution in [1.82, 2.24) is 0 Å². The van der Waals surface area contributed by atoms with E-state index in [0.717, 1.165) is 20.7 Å². The van der Waals surface area contributed by atoms with Crippen LogP contribution in [0.4, 0.5) is 0 Å². The van der Waals surface area contributed by atoms with Gasteiger partial charge in [0.2, 0.25) is 0 Å². The molecule has 0 bridgehead atoms. The first kappa shape index (κ1) is 10.9. The molecule has 0 saturated heterocycles. The van der Waals surface area contributed by atoms with Gasteiger partial charge in [0.25, 0.3) is 0 Å². The van der Waals surface area contributed by atoms with Crippen LogP contribution in [0.5, 0.6) is 0 Å². The molecule has 0 aliphatic rings. The summed E-state index contributed by atoms with van der Waals surface area (Å²) < 4.78 is 5.23. The standard InChI is InChI=1S/C7H16BrOP/c1-2-9-10-7-5-3-4-6-8/h10H,2-7H2,1H3. The van der Waals surface area contributed by atoms with Gasteiger partial charge in [-0.3, -0.25) is 0 Å². The van der Waals surface area contributed by atoms with Crippen molar-refractivity contribution in [3.63, 3.8) is 0 Å². The van der Waals surface area contributed by atoms with E-state index in [4.69, 9.17) is 4.52 Å². The van der Waals surface area contributed by atoms with Gasteiger partial charge in [0.05, 0.1) is 0 Å². The Labute approximate surface area is 73.9 Å². The van der Waals surface area contributed by atoms with E-state index in [1.54, 1.807) is 0 Å². The van der Waals surface area contributed by atoms with E-state index in [-0.39, 0.29) is 0 Å². The van der Waals surface area contributed by atoms with E-state index >= 15 is 0 Å². The predicted molar refractivity (Wildman–Crippen MR) is 52.5 cm³/mol. The highest BCUT2D eigenvalue weighted by atomic mass is 79.9. The minimum absolute atomic E-state index is 0.728. The summed E-state index contributed by atoms with van der Waals surface area (Å²) in [7, 11) is 0.728. The third-order valence-corrected chi connectivity index (χ3v) is 2.77. The molecular weight excluding hydrogens is 211 g/mol. The molecule has 0 rings (SSSR count). The zero-order valence-electron chi connectivity index (χ0n) is 6.53. The Kier molecular flexibility index (Phi) is 10.7. The second-order valence-corrected chi connectivity index (χ2v) is 3.95. The molecule has 0 aromatic rings. The topological polar surface area (TPSA) is 9.23 Å². The molecule has 0 aromatic carbocycles. The molecule has 0 saturated carbocycles. The molecule has 0 aliphatic carbocycles. The SMILES string of the molecule is CCOPCCCCCBr. The van der Waals surface area contributed by atoms with Crippen LogP contribution in [0.25, 0.3) is 0 Å². The Bertz CT molecular complexity index is 53.6. The molecule has 10 heavy (non-hydrogen) atoms. The van der Waals surface area contributed by atoms with Gasteiger partial charge in [0.1, 0.15) is 0 Å². The van der Waals surface area contributed by atoms with Crippen molar-refractivity contribution in [3.8, 4) is 0 Å². The summed E-state index contributed by atoms with van der Waals surface area (Å²) in [6.07, 6.45) is 5.22. The van der Waals surface area contributed by atoms with E-state index in [0.29, 0.717) is 0 Å². The molecule has 0 spiro atoms. The molecule has 3 heteroatoms. The molecule has 62 valence electrons. The van der Waals surface area contributed by atoms with Crippen molar-refractivity contribution < 1.29 is 4.52 Å². The minimum atomic E-state index is 0.728. The Morgan fingerprint density at radius 1 is 1.30 bits per heavy atom. The lowest BCUT2D eigenvalue weighted by atomic mass is 10.3. The Morgan fingerprint density at radius 3 is 2.70 bits per heavy atom. The molecule has 0 N–H and O–H groups in total. The molecule has 1 unspecified atom stereocenters. The maximum absolute atomic E-state index is 5.23. The summed E-state index contributed by atoms with van der Waals surface area (Å²) >= 11 is 3.40. The summed E-state index contributed by atoms with van der Waals surface area (Å²) in [5.41, 5.74) is 0. The van der Waals surface area contributed by atoms with Gasteiger partial charge < -0.3 is 4.52 Å². The number of rotatable bonds is 7. The van der Waals surface area contributed by atoms with Crippen LogP contribution < -0.4 is 0 Å². The van der Waals surface area contributed by atoms with Crippen LogP contribution in [0.3, 0.4) is 0 Å². The minimum Gasteiger partial charge on any atom is -0.363 e. The van der Waals surface area contributed by atoms with Crippen molar-refractivity contribution in [1.29, 1.82) is 0 Å². The van der Waals surface area contributed by atoms with Crippen LogP contribution in [0.15, 0.2) is 0 Å². The highest BCUT2D eigenvalue weighted by Gasteiger charge is 1.87. The van der Waals surface area contributed by atoms with Crippen LogP contribution in [0, 0.1) is 0 Å². The molecule has 0 aliphatic heterocycles. The summed E-state index contributed by atoms with van der Waals surface area (Å²) in [6.45, 7) is 2.92. The van der Waals surface area contributed by atoms with Crippen LogP contribution >= 0.6 is 24.7 Å². The normalized spacial score (nSPS) is 11.4. The highest BCUT2D eigenvalue weighted by Crippen LogP contribution is 2.14. The van der Waals surface area contributed by atoms with Gasteiger partial charge in [0.15, 0.2) is 0 Å². The van der Waals surface area contributed by atoms with Crippen LogP contribution in [-0.4, -0.2) is 18.1 Å². The lowest BCUT2D eigenvalue weighted by molar-refractivity contribution is 0.389. The van der Waals surface area contributed by atoms with E-state index in [1.807, 2.05) is 6.92 Å². The van der Waals surface area contributed by atoms with E-state index < -0.39 is 0 Å². The van der Waals surface area contributed by atoms with Gasteiger partial charge in [-0.25, -0.2) is 0 Å². The second kappa shape index (κ2) is 9.87. The number of halogens is 1. The van der Waals surface area contributed by atoms with Crippen molar-refractivity contribution in [2.75, 3.05) is 18.1 Å². The highest BCUT2D eigenvalue weighted by molar-refractivity contribution is 9.09. The van der Waals surface area contributed by atoms with Crippen molar-refractivity contribution in [3.05, 3.63) is 0 Å². The zero-order chi connectivity index (χ0) is 7.66. The Hall–Kier alpha value is 0.870. The van der Waals surface area contributed by atoms with Gasteiger partial charge in [-0.1, -0.05) is 22.4 Å². The molecular formula is C7H16BrOP. The van der Waals surface area contributed by atoms with Gasteiger partial charge in [-0.2, -0.15) is 0 Å². The molecule has 0 heterocycles. The first-order valence-corrected chi connectivity index (χ1v) is 6.06. The molecule has 1 atom stereocenters. The predicted octanol–water partition coefficient (Wildman–Crippen LogP) is 3.18. The average molecular weight is 227 g/mol. The molecule has 0 fully saturated rings.